The number of halogens is 4. The molecule has 2 aromatic rings. The summed E-state index contributed by atoms with van der Waals surface area (Å²) in [6.07, 6.45) is -4.65. The van der Waals surface area contributed by atoms with Crippen LogP contribution in [0, 0.1) is 6.92 Å². The molecule has 0 radical (unpaired) electrons. The number of hydrogen-bond donors (Lipinski definition) is 1. The summed E-state index contributed by atoms with van der Waals surface area (Å²) < 4.78 is 46.5. The second-order valence-corrected chi connectivity index (χ2v) is 5.67. The first-order valence-electron chi connectivity index (χ1n) is 6.31. The molecule has 0 aliphatic carbocycles. The number of alkyl halides is 3. The molecule has 0 atom stereocenters. The van der Waals surface area contributed by atoms with E-state index in [-0.39, 0.29) is 10.6 Å². The zero-order chi connectivity index (χ0) is 17.9. The summed E-state index contributed by atoms with van der Waals surface area (Å²) in [5.74, 6) is -1.58. The molecule has 24 heavy (non-hydrogen) atoms. The van der Waals surface area contributed by atoms with E-state index in [0.29, 0.717) is 11.8 Å². The van der Waals surface area contributed by atoms with Crippen molar-refractivity contribution in [3.05, 3.63) is 39.4 Å². The standard InChI is InChI=1S/C13H9ClF3N3O3S/c1-6-11(24-20-19-6)12(22)23-5-10(21)18-7-2-3-9(14)8(4-7)13(15,16)17/h2-4H,5H2,1H3,(H,18,21). The lowest BCUT2D eigenvalue weighted by molar-refractivity contribution is -0.137. The second-order valence-electron chi connectivity index (χ2n) is 4.50. The van der Waals surface area contributed by atoms with E-state index in [1.54, 1.807) is 6.92 Å². The molecule has 0 unspecified atom stereocenters. The van der Waals surface area contributed by atoms with Gasteiger partial charge in [0.05, 0.1) is 16.3 Å². The van der Waals surface area contributed by atoms with Crippen LogP contribution in [0.15, 0.2) is 18.2 Å². The Kier molecular flexibility index (Phi) is 5.40. The van der Waals surface area contributed by atoms with Crippen LogP contribution < -0.4 is 5.32 Å². The third kappa shape index (κ3) is 4.42. The Labute approximate surface area is 142 Å². The van der Waals surface area contributed by atoms with Crippen molar-refractivity contribution in [2.24, 2.45) is 0 Å². The summed E-state index contributed by atoms with van der Waals surface area (Å²) >= 11 is 6.29. The molecule has 0 spiro atoms. The fourth-order valence-electron chi connectivity index (χ4n) is 1.63. The first kappa shape index (κ1) is 18.1. The van der Waals surface area contributed by atoms with E-state index in [9.17, 15) is 22.8 Å². The molecule has 2 rings (SSSR count). The summed E-state index contributed by atoms with van der Waals surface area (Å²) in [6, 6.07) is 2.91. The van der Waals surface area contributed by atoms with Gasteiger partial charge in [0.1, 0.15) is 0 Å². The van der Waals surface area contributed by atoms with Crippen molar-refractivity contribution in [1.29, 1.82) is 0 Å². The highest BCUT2D eigenvalue weighted by Crippen LogP contribution is 2.36. The molecule has 0 saturated carbocycles. The number of nitrogens with zero attached hydrogens (tertiary/aromatic N) is 2. The van der Waals surface area contributed by atoms with E-state index < -0.39 is 35.2 Å². The van der Waals surface area contributed by atoms with Crippen LogP contribution in [0.1, 0.15) is 20.9 Å². The van der Waals surface area contributed by atoms with Gasteiger partial charge in [0.15, 0.2) is 11.5 Å². The van der Waals surface area contributed by atoms with Crippen LogP contribution in [-0.2, 0) is 15.7 Å². The highest BCUT2D eigenvalue weighted by Gasteiger charge is 2.33. The van der Waals surface area contributed by atoms with Gasteiger partial charge >= 0.3 is 12.1 Å². The van der Waals surface area contributed by atoms with Gasteiger partial charge in [-0.1, -0.05) is 16.1 Å². The predicted octanol–water partition coefficient (Wildman–Crippen LogP) is 3.31. The van der Waals surface area contributed by atoms with E-state index in [0.717, 1.165) is 17.6 Å². The van der Waals surface area contributed by atoms with Gasteiger partial charge < -0.3 is 10.1 Å². The van der Waals surface area contributed by atoms with Crippen molar-refractivity contribution >= 4 is 40.7 Å². The molecule has 11 heteroatoms. The lowest BCUT2D eigenvalue weighted by atomic mass is 10.2. The smallest absolute Gasteiger partial charge is 0.417 e. The van der Waals surface area contributed by atoms with Crippen LogP contribution in [0.5, 0.6) is 0 Å². The van der Waals surface area contributed by atoms with E-state index >= 15 is 0 Å². The Morgan fingerprint density at radius 3 is 2.67 bits per heavy atom. The molecule has 1 amide bonds. The van der Waals surface area contributed by atoms with E-state index in [1.807, 2.05) is 0 Å². The minimum Gasteiger partial charge on any atom is -0.451 e. The minimum absolute atomic E-state index is 0.122. The Bertz CT molecular complexity index is 779. The first-order chi connectivity index (χ1) is 11.2. The summed E-state index contributed by atoms with van der Waals surface area (Å²) in [5, 5.41) is 5.33. The topological polar surface area (TPSA) is 81.2 Å². The number of carbonyl (C=O) groups is 2. The number of benzene rings is 1. The summed E-state index contributed by atoms with van der Waals surface area (Å²) in [6.45, 7) is 0.882. The predicted molar refractivity (Wildman–Crippen MR) is 80.0 cm³/mol. The van der Waals surface area contributed by atoms with E-state index in [4.69, 9.17) is 16.3 Å². The number of anilines is 1. The Morgan fingerprint density at radius 2 is 2.08 bits per heavy atom. The summed E-state index contributed by atoms with van der Waals surface area (Å²) in [4.78, 5) is 23.5. The molecule has 0 fully saturated rings. The maximum absolute atomic E-state index is 12.7. The molecule has 0 saturated heterocycles. The molecule has 0 aliphatic heterocycles. The maximum Gasteiger partial charge on any atom is 0.417 e. The number of rotatable bonds is 4. The molecule has 6 nitrogen and oxygen atoms in total. The van der Waals surface area contributed by atoms with Crippen molar-refractivity contribution in [1.82, 2.24) is 9.59 Å². The highest BCUT2D eigenvalue weighted by molar-refractivity contribution is 7.07. The molecular weight excluding hydrogens is 371 g/mol. The molecule has 1 aromatic carbocycles. The van der Waals surface area contributed by atoms with Crippen molar-refractivity contribution in [2.45, 2.75) is 13.1 Å². The monoisotopic (exact) mass is 379 g/mol. The minimum atomic E-state index is -4.65. The fourth-order valence-corrected chi connectivity index (χ4v) is 2.41. The number of esters is 1. The average Bonchev–Trinajstić information content (AvgIpc) is 2.92. The number of aryl methyl sites for hydroxylation is 1. The van der Waals surface area contributed by atoms with Gasteiger partial charge in [-0.15, -0.1) is 5.10 Å². The fraction of sp³-hybridized carbons (Fsp3) is 0.231. The Hall–Kier alpha value is -2.20. The van der Waals surface area contributed by atoms with Crippen LogP contribution in [0.2, 0.25) is 5.02 Å². The number of amides is 1. The van der Waals surface area contributed by atoms with Crippen molar-refractivity contribution in [3.63, 3.8) is 0 Å². The summed E-state index contributed by atoms with van der Waals surface area (Å²) in [5.41, 5.74) is -0.841. The van der Waals surface area contributed by atoms with Crippen molar-refractivity contribution < 1.29 is 27.5 Å². The number of nitrogens with one attached hydrogen (secondary N) is 1. The van der Waals surface area contributed by atoms with Gasteiger partial charge in [0.2, 0.25) is 0 Å². The van der Waals surface area contributed by atoms with Gasteiger partial charge in [-0.05, 0) is 36.7 Å². The van der Waals surface area contributed by atoms with Gasteiger partial charge in [0, 0.05) is 5.69 Å². The van der Waals surface area contributed by atoms with Gasteiger partial charge in [-0.2, -0.15) is 13.2 Å². The average molecular weight is 380 g/mol. The van der Waals surface area contributed by atoms with Crippen LogP contribution in [0.4, 0.5) is 18.9 Å². The normalized spacial score (nSPS) is 11.2. The van der Waals surface area contributed by atoms with Crippen LogP contribution in [0.25, 0.3) is 0 Å². The largest absolute Gasteiger partial charge is 0.451 e. The van der Waals surface area contributed by atoms with Gasteiger partial charge in [0.25, 0.3) is 5.91 Å². The molecule has 0 aliphatic rings. The Balaban J connectivity index is 1.98. The number of ether oxygens (including phenoxy) is 1. The summed E-state index contributed by atoms with van der Waals surface area (Å²) in [7, 11) is 0. The molecule has 128 valence electrons. The Morgan fingerprint density at radius 1 is 1.38 bits per heavy atom. The number of carbonyl (C=O) groups excluding carboxylic acids is 2. The molecule has 0 bridgehead atoms. The quantitative estimate of drug-likeness (QED) is 0.824. The zero-order valence-corrected chi connectivity index (χ0v) is 13.6. The van der Waals surface area contributed by atoms with E-state index in [1.165, 1.54) is 6.07 Å². The number of hydrogen-bond acceptors (Lipinski definition) is 6. The van der Waals surface area contributed by atoms with Crippen LogP contribution >= 0.6 is 23.1 Å². The third-order valence-electron chi connectivity index (χ3n) is 2.73. The first-order valence-corrected chi connectivity index (χ1v) is 7.46. The van der Waals surface area contributed by atoms with Crippen LogP contribution in [0.3, 0.4) is 0 Å². The molecular formula is C13H9ClF3N3O3S. The highest BCUT2D eigenvalue weighted by atomic mass is 35.5. The second kappa shape index (κ2) is 7.14. The van der Waals surface area contributed by atoms with Crippen molar-refractivity contribution in [3.8, 4) is 0 Å². The lowest BCUT2D eigenvalue weighted by Gasteiger charge is -2.11. The molecule has 1 heterocycles. The van der Waals surface area contributed by atoms with Crippen LogP contribution in [-0.4, -0.2) is 28.1 Å². The van der Waals surface area contributed by atoms with E-state index in [2.05, 4.69) is 14.9 Å². The SMILES string of the molecule is Cc1nnsc1C(=O)OCC(=O)Nc1ccc(Cl)c(C(F)(F)F)c1. The molecule has 1 aromatic heterocycles. The number of aromatic nitrogens is 2. The lowest BCUT2D eigenvalue weighted by Crippen LogP contribution is -2.21. The van der Waals surface area contributed by atoms with Gasteiger partial charge in [-0.3, -0.25) is 4.79 Å². The third-order valence-corrected chi connectivity index (χ3v) is 3.86. The van der Waals surface area contributed by atoms with Gasteiger partial charge in [-0.25, -0.2) is 4.79 Å². The zero-order valence-electron chi connectivity index (χ0n) is 12.0. The van der Waals surface area contributed by atoms with Crippen molar-refractivity contribution in [2.75, 3.05) is 11.9 Å². The maximum atomic E-state index is 12.7. The molecule has 1 N–H and O–H groups in total.